The minimum absolute atomic E-state index is 0.175. The van der Waals surface area contributed by atoms with Crippen LogP contribution in [0.3, 0.4) is 0 Å². The Hall–Kier alpha value is -3.94. The first kappa shape index (κ1) is 28.1. The molecule has 39 heavy (non-hydrogen) atoms. The standard InChI is InChI=1S/C32H33NO5S/c1-19(2)24-8-6-7-9-25(24)30-29(37-22-13-10-21(11-14-22)12-17-28(34)35)26-16-15-23(18-27(26)39-30)38-32(4,5)31(36)20(3)33/h6-20H,33H2,1-5H3,(H,34,35)/b17-12+. The average molecular weight is 544 g/mol. The van der Waals surface area contributed by atoms with Gasteiger partial charge in [0.05, 0.1) is 10.9 Å². The van der Waals surface area contributed by atoms with Crippen LogP contribution in [0.5, 0.6) is 17.2 Å². The van der Waals surface area contributed by atoms with Crippen molar-refractivity contribution in [1.82, 2.24) is 0 Å². The van der Waals surface area contributed by atoms with Crippen molar-refractivity contribution in [2.75, 3.05) is 0 Å². The molecule has 7 heteroatoms. The fourth-order valence-electron chi connectivity index (χ4n) is 4.43. The van der Waals surface area contributed by atoms with Gasteiger partial charge < -0.3 is 20.3 Å². The van der Waals surface area contributed by atoms with Crippen LogP contribution >= 0.6 is 11.3 Å². The number of carbonyl (C=O) groups is 2. The van der Waals surface area contributed by atoms with Crippen molar-refractivity contribution in [3.05, 3.63) is 83.9 Å². The van der Waals surface area contributed by atoms with Crippen molar-refractivity contribution in [3.63, 3.8) is 0 Å². The van der Waals surface area contributed by atoms with Crippen molar-refractivity contribution in [2.24, 2.45) is 5.73 Å². The average Bonchev–Trinajstić information content (AvgIpc) is 3.24. The van der Waals surface area contributed by atoms with Crippen molar-refractivity contribution >= 4 is 39.3 Å². The number of ketones is 1. The number of carboxylic acid groups (broad SMARTS) is 1. The second-order valence-corrected chi connectivity index (χ2v) is 11.3. The minimum atomic E-state index is -1.07. The van der Waals surface area contributed by atoms with Crippen LogP contribution in [0.15, 0.2) is 72.8 Å². The van der Waals surface area contributed by atoms with Crippen LogP contribution in [0.25, 0.3) is 26.6 Å². The van der Waals surface area contributed by atoms with E-state index in [1.54, 1.807) is 32.1 Å². The highest BCUT2D eigenvalue weighted by Crippen LogP contribution is 2.49. The fourth-order valence-corrected chi connectivity index (χ4v) is 5.63. The Balaban J connectivity index is 1.79. The third-order valence-corrected chi connectivity index (χ3v) is 7.51. The summed E-state index contributed by atoms with van der Waals surface area (Å²) in [6.45, 7) is 9.45. The Morgan fingerprint density at radius 2 is 1.64 bits per heavy atom. The molecule has 0 aliphatic heterocycles. The van der Waals surface area contributed by atoms with Gasteiger partial charge in [-0.2, -0.15) is 0 Å². The van der Waals surface area contributed by atoms with Gasteiger partial charge >= 0.3 is 5.97 Å². The molecule has 0 fully saturated rings. The first-order valence-corrected chi connectivity index (χ1v) is 13.6. The molecule has 3 N–H and O–H groups in total. The van der Waals surface area contributed by atoms with Gasteiger partial charge in [0.15, 0.2) is 17.1 Å². The quantitative estimate of drug-likeness (QED) is 0.199. The summed E-state index contributed by atoms with van der Waals surface area (Å²) in [4.78, 5) is 24.4. The highest BCUT2D eigenvalue weighted by molar-refractivity contribution is 7.22. The maximum absolute atomic E-state index is 12.6. The van der Waals surface area contributed by atoms with Crippen LogP contribution in [0.2, 0.25) is 0 Å². The Morgan fingerprint density at radius 3 is 2.28 bits per heavy atom. The molecular formula is C32H33NO5S. The molecule has 0 saturated carbocycles. The van der Waals surface area contributed by atoms with E-state index >= 15 is 0 Å². The van der Waals surface area contributed by atoms with Gasteiger partial charge in [-0.25, -0.2) is 4.79 Å². The fraction of sp³-hybridized carbons (Fsp3) is 0.250. The third kappa shape index (κ3) is 6.38. The second-order valence-electron chi connectivity index (χ2n) is 10.3. The molecule has 0 bridgehead atoms. The predicted molar refractivity (Wildman–Crippen MR) is 158 cm³/mol. The number of rotatable bonds is 10. The van der Waals surface area contributed by atoms with Crippen LogP contribution in [-0.4, -0.2) is 28.5 Å². The molecule has 0 radical (unpaired) electrons. The number of thiophene rings is 1. The Bertz CT molecular complexity index is 1530. The largest absolute Gasteiger partial charge is 0.480 e. The van der Waals surface area contributed by atoms with Crippen molar-refractivity contribution in [3.8, 4) is 27.7 Å². The number of nitrogens with two attached hydrogens (primary N) is 1. The van der Waals surface area contributed by atoms with E-state index in [4.69, 9.17) is 20.3 Å². The Morgan fingerprint density at radius 1 is 0.974 bits per heavy atom. The summed E-state index contributed by atoms with van der Waals surface area (Å²) >= 11 is 1.61. The Kier molecular flexibility index (Phi) is 8.23. The number of carboxylic acids is 1. The van der Waals surface area contributed by atoms with Gasteiger partial charge in [-0.3, -0.25) is 4.79 Å². The molecule has 1 unspecified atom stereocenters. The maximum Gasteiger partial charge on any atom is 0.328 e. The summed E-state index contributed by atoms with van der Waals surface area (Å²) in [5, 5.41) is 9.82. The van der Waals surface area contributed by atoms with Gasteiger partial charge in [-0.1, -0.05) is 50.2 Å². The lowest BCUT2D eigenvalue weighted by molar-refractivity contribution is -0.133. The van der Waals surface area contributed by atoms with Gasteiger partial charge in [0.1, 0.15) is 11.5 Å². The van der Waals surface area contributed by atoms with E-state index < -0.39 is 17.6 Å². The molecule has 4 aromatic rings. The van der Waals surface area contributed by atoms with Crippen LogP contribution in [0, 0.1) is 0 Å². The van der Waals surface area contributed by atoms with E-state index in [0.29, 0.717) is 17.4 Å². The summed E-state index contributed by atoms with van der Waals surface area (Å²) in [5.41, 5.74) is 7.83. The molecule has 0 spiro atoms. The topological polar surface area (TPSA) is 98.9 Å². The van der Waals surface area contributed by atoms with Gasteiger partial charge in [0, 0.05) is 16.2 Å². The van der Waals surface area contributed by atoms with Crippen LogP contribution < -0.4 is 15.2 Å². The zero-order valence-corrected chi connectivity index (χ0v) is 23.5. The van der Waals surface area contributed by atoms with Crippen LogP contribution in [0.1, 0.15) is 51.7 Å². The summed E-state index contributed by atoms with van der Waals surface area (Å²) < 4.78 is 13.6. The number of benzene rings is 3. The molecule has 1 heterocycles. The van der Waals surface area contributed by atoms with E-state index in [-0.39, 0.29) is 5.78 Å². The number of ether oxygens (including phenoxy) is 2. The number of fused-ring (bicyclic) bond motifs is 1. The number of Topliss-reactive ketones (excluding diaryl/α,β-unsaturated/α-hetero) is 1. The molecule has 1 aromatic heterocycles. The SMILES string of the molecule is CC(N)C(=O)C(C)(C)Oc1ccc2c(Oc3ccc(/C=C/C(=O)O)cc3)c(-c3ccccc3C(C)C)sc2c1. The Labute approximate surface area is 232 Å². The monoisotopic (exact) mass is 543 g/mol. The van der Waals surface area contributed by atoms with Gasteiger partial charge in [0.2, 0.25) is 0 Å². The first-order chi connectivity index (χ1) is 18.5. The molecule has 0 aliphatic rings. The number of aliphatic carboxylic acids is 1. The first-order valence-electron chi connectivity index (χ1n) is 12.8. The molecule has 6 nitrogen and oxygen atoms in total. The maximum atomic E-state index is 12.6. The lowest BCUT2D eigenvalue weighted by Gasteiger charge is -2.26. The summed E-state index contributed by atoms with van der Waals surface area (Å²) in [6, 6.07) is 20.7. The zero-order valence-electron chi connectivity index (χ0n) is 22.7. The predicted octanol–water partition coefficient (Wildman–Crippen LogP) is 7.66. The molecular weight excluding hydrogens is 510 g/mol. The van der Waals surface area contributed by atoms with E-state index in [1.165, 1.54) is 11.6 Å². The van der Waals surface area contributed by atoms with E-state index in [1.807, 2.05) is 54.6 Å². The van der Waals surface area contributed by atoms with E-state index in [2.05, 4.69) is 26.0 Å². The van der Waals surface area contributed by atoms with E-state index in [0.717, 1.165) is 37.9 Å². The zero-order chi connectivity index (χ0) is 28.3. The van der Waals surface area contributed by atoms with Crippen molar-refractivity contribution in [1.29, 1.82) is 0 Å². The summed E-state index contributed by atoms with van der Waals surface area (Å²) in [5.74, 6) is 1.08. The summed E-state index contributed by atoms with van der Waals surface area (Å²) in [7, 11) is 0. The van der Waals surface area contributed by atoms with Gasteiger partial charge in [-0.05, 0) is 79.8 Å². The lowest BCUT2D eigenvalue weighted by atomic mass is 9.96. The summed E-state index contributed by atoms with van der Waals surface area (Å²) in [6.07, 6.45) is 2.64. The van der Waals surface area contributed by atoms with E-state index in [9.17, 15) is 9.59 Å². The smallest absolute Gasteiger partial charge is 0.328 e. The third-order valence-electron chi connectivity index (χ3n) is 6.34. The molecule has 202 valence electrons. The molecule has 4 rings (SSSR count). The minimum Gasteiger partial charge on any atom is -0.480 e. The number of carbonyl (C=O) groups excluding carboxylic acids is 1. The van der Waals surface area contributed by atoms with Crippen molar-refractivity contribution in [2.45, 2.75) is 52.2 Å². The molecule has 0 aliphatic carbocycles. The van der Waals surface area contributed by atoms with Gasteiger partial charge in [0.25, 0.3) is 0 Å². The van der Waals surface area contributed by atoms with Crippen LogP contribution in [-0.2, 0) is 9.59 Å². The highest BCUT2D eigenvalue weighted by atomic mass is 32.1. The second kappa shape index (κ2) is 11.4. The van der Waals surface area contributed by atoms with Crippen LogP contribution in [0.4, 0.5) is 0 Å². The van der Waals surface area contributed by atoms with Gasteiger partial charge in [-0.15, -0.1) is 11.3 Å². The normalized spacial score (nSPS) is 12.7. The molecule has 3 aromatic carbocycles. The lowest BCUT2D eigenvalue weighted by Crippen LogP contribution is -2.47. The highest BCUT2D eigenvalue weighted by Gasteiger charge is 2.32. The molecule has 1 atom stereocenters. The molecule has 0 saturated heterocycles. The van der Waals surface area contributed by atoms with Crippen molar-refractivity contribution < 1.29 is 24.2 Å². The number of hydrogen-bond donors (Lipinski definition) is 2. The number of hydrogen-bond acceptors (Lipinski definition) is 6. The molecule has 0 amide bonds.